The minimum atomic E-state index is -0.451. The molecule has 3 rings (SSSR count). The molecule has 7 nitrogen and oxygen atoms in total. The van der Waals surface area contributed by atoms with Gasteiger partial charge in [0, 0.05) is 0 Å². The smallest absolute Gasteiger partial charge is 0.371 e. The SMILES string of the molecule is CCCOc1ccccc1-c1nc(=O)n2[nH]cnc2n1. The summed E-state index contributed by atoms with van der Waals surface area (Å²) >= 11 is 0. The number of aromatic amines is 1. The van der Waals surface area contributed by atoms with Crippen molar-refractivity contribution in [3.63, 3.8) is 0 Å². The van der Waals surface area contributed by atoms with Crippen molar-refractivity contribution in [2.75, 3.05) is 6.61 Å². The highest BCUT2D eigenvalue weighted by Gasteiger charge is 2.12. The molecular weight excluding hydrogens is 258 g/mol. The molecular formula is C13H13N5O2. The Bertz CT molecular complexity index is 793. The van der Waals surface area contributed by atoms with Crippen LogP contribution in [0.3, 0.4) is 0 Å². The molecule has 1 aromatic carbocycles. The van der Waals surface area contributed by atoms with E-state index in [1.165, 1.54) is 10.8 Å². The average Bonchev–Trinajstić information content (AvgIpc) is 2.94. The van der Waals surface area contributed by atoms with E-state index in [4.69, 9.17) is 4.74 Å². The molecule has 0 aliphatic rings. The van der Waals surface area contributed by atoms with E-state index in [1.807, 2.05) is 31.2 Å². The summed E-state index contributed by atoms with van der Waals surface area (Å²) in [4.78, 5) is 24.1. The van der Waals surface area contributed by atoms with Crippen LogP contribution in [0.15, 0.2) is 35.4 Å². The van der Waals surface area contributed by atoms with Crippen molar-refractivity contribution in [2.24, 2.45) is 0 Å². The van der Waals surface area contributed by atoms with Gasteiger partial charge in [0.05, 0.1) is 12.2 Å². The third-order valence-electron chi connectivity index (χ3n) is 2.76. The molecule has 0 aliphatic heterocycles. The first-order valence-corrected chi connectivity index (χ1v) is 6.32. The summed E-state index contributed by atoms with van der Waals surface area (Å²) < 4.78 is 6.84. The number of ether oxygens (including phenoxy) is 1. The molecule has 0 saturated carbocycles. The molecule has 20 heavy (non-hydrogen) atoms. The van der Waals surface area contributed by atoms with Crippen molar-refractivity contribution in [1.29, 1.82) is 0 Å². The van der Waals surface area contributed by atoms with Crippen LogP contribution in [0.25, 0.3) is 17.2 Å². The number of hydrogen-bond donors (Lipinski definition) is 1. The van der Waals surface area contributed by atoms with Gasteiger partial charge >= 0.3 is 5.69 Å². The second-order valence-electron chi connectivity index (χ2n) is 4.20. The Hall–Kier alpha value is -2.70. The maximum atomic E-state index is 11.9. The molecule has 102 valence electrons. The second-order valence-corrected chi connectivity index (χ2v) is 4.20. The van der Waals surface area contributed by atoms with Crippen LogP contribution in [0.4, 0.5) is 0 Å². The first-order valence-electron chi connectivity index (χ1n) is 6.32. The van der Waals surface area contributed by atoms with Gasteiger partial charge in [0.15, 0.2) is 5.82 Å². The third-order valence-corrected chi connectivity index (χ3v) is 2.76. The molecule has 0 fully saturated rings. The fourth-order valence-corrected chi connectivity index (χ4v) is 1.85. The molecule has 0 bridgehead atoms. The topological polar surface area (TPSA) is 85.2 Å². The molecule has 0 spiro atoms. The molecule has 0 atom stereocenters. The zero-order chi connectivity index (χ0) is 13.9. The Labute approximate surface area is 114 Å². The lowest BCUT2D eigenvalue weighted by molar-refractivity contribution is 0.318. The highest BCUT2D eigenvalue weighted by atomic mass is 16.5. The number of fused-ring (bicyclic) bond motifs is 1. The molecule has 0 saturated heterocycles. The number of benzene rings is 1. The Kier molecular flexibility index (Phi) is 3.16. The lowest BCUT2D eigenvalue weighted by Crippen LogP contribution is -2.19. The number of nitrogens with zero attached hydrogens (tertiary/aromatic N) is 4. The molecule has 7 heteroatoms. The lowest BCUT2D eigenvalue weighted by Gasteiger charge is -2.09. The predicted molar refractivity (Wildman–Crippen MR) is 72.6 cm³/mol. The molecule has 1 N–H and O–H groups in total. The Morgan fingerprint density at radius 2 is 2.15 bits per heavy atom. The number of nitrogens with one attached hydrogen (secondary N) is 1. The van der Waals surface area contributed by atoms with Gasteiger partial charge in [0.25, 0.3) is 5.78 Å². The van der Waals surface area contributed by atoms with Crippen LogP contribution < -0.4 is 10.4 Å². The van der Waals surface area contributed by atoms with E-state index < -0.39 is 5.69 Å². The van der Waals surface area contributed by atoms with E-state index in [-0.39, 0.29) is 5.78 Å². The lowest BCUT2D eigenvalue weighted by atomic mass is 10.2. The molecule has 2 aromatic heterocycles. The predicted octanol–water partition coefficient (Wildman–Crippen LogP) is 1.27. The van der Waals surface area contributed by atoms with Crippen molar-refractivity contribution >= 4 is 5.78 Å². The van der Waals surface area contributed by atoms with Gasteiger partial charge in [-0.3, -0.25) is 5.10 Å². The highest BCUT2D eigenvalue weighted by Crippen LogP contribution is 2.26. The van der Waals surface area contributed by atoms with Crippen LogP contribution in [-0.4, -0.2) is 31.2 Å². The first-order chi connectivity index (χ1) is 9.79. The number of H-pyrrole nitrogens is 1. The Balaban J connectivity index is 2.12. The summed E-state index contributed by atoms with van der Waals surface area (Å²) in [5, 5.41) is 2.65. The average molecular weight is 271 g/mol. The minimum Gasteiger partial charge on any atom is -0.493 e. The summed E-state index contributed by atoms with van der Waals surface area (Å²) in [6, 6.07) is 7.38. The van der Waals surface area contributed by atoms with Crippen LogP contribution in [0.1, 0.15) is 13.3 Å². The third kappa shape index (κ3) is 2.13. The summed E-state index contributed by atoms with van der Waals surface area (Å²) in [5.74, 6) is 1.26. The standard InChI is InChI=1S/C13H13N5O2/c1-2-7-20-10-6-4-3-5-9(10)11-16-12-14-8-15-18(12)13(19)17-11/h3-6,8H,2,7H2,1H3,(H,14,15,16,17,19). The van der Waals surface area contributed by atoms with Crippen molar-refractivity contribution in [2.45, 2.75) is 13.3 Å². The molecule has 0 amide bonds. The van der Waals surface area contributed by atoms with Gasteiger partial charge in [0.1, 0.15) is 12.1 Å². The summed E-state index contributed by atoms with van der Waals surface area (Å²) in [6.07, 6.45) is 2.30. The molecule has 0 aliphatic carbocycles. The fourth-order valence-electron chi connectivity index (χ4n) is 1.85. The van der Waals surface area contributed by atoms with Crippen molar-refractivity contribution in [3.8, 4) is 17.1 Å². The molecule has 2 heterocycles. The first kappa shape index (κ1) is 12.3. The highest BCUT2D eigenvalue weighted by molar-refractivity contribution is 5.64. The van der Waals surface area contributed by atoms with E-state index in [0.29, 0.717) is 23.7 Å². The largest absolute Gasteiger partial charge is 0.493 e. The van der Waals surface area contributed by atoms with Crippen LogP contribution in [0.2, 0.25) is 0 Å². The van der Waals surface area contributed by atoms with E-state index in [9.17, 15) is 4.79 Å². The van der Waals surface area contributed by atoms with Gasteiger partial charge in [-0.2, -0.15) is 14.5 Å². The summed E-state index contributed by atoms with van der Waals surface area (Å²) in [7, 11) is 0. The van der Waals surface area contributed by atoms with Crippen LogP contribution >= 0.6 is 0 Å². The van der Waals surface area contributed by atoms with Gasteiger partial charge in [-0.25, -0.2) is 9.78 Å². The normalized spacial score (nSPS) is 10.8. The Morgan fingerprint density at radius 1 is 1.30 bits per heavy atom. The van der Waals surface area contributed by atoms with Crippen molar-refractivity contribution in [1.82, 2.24) is 24.6 Å². The zero-order valence-electron chi connectivity index (χ0n) is 10.9. The van der Waals surface area contributed by atoms with Gasteiger partial charge in [0.2, 0.25) is 0 Å². The second kappa shape index (κ2) is 5.12. The maximum Gasteiger partial charge on any atom is 0.371 e. The minimum absolute atomic E-state index is 0.283. The maximum absolute atomic E-state index is 11.9. The van der Waals surface area contributed by atoms with Gasteiger partial charge < -0.3 is 4.74 Å². The van der Waals surface area contributed by atoms with Gasteiger partial charge in [-0.1, -0.05) is 19.1 Å². The van der Waals surface area contributed by atoms with E-state index in [0.717, 1.165) is 6.42 Å². The summed E-state index contributed by atoms with van der Waals surface area (Å²) in [5.41, 5.74) is 0.233. The monoisotopic (exact) mass is 271 g/mol. The van der Waals surface area contributed by atoms with E-state index in [1.54, 1.807) is 0 Å². The van der Waals surface area contributed by atoms with E-state index >= 15 is 0 Å². The number of para-hydroxylation sites is 1. The molecule has 0 radical (unpaired) electrons. The van der Waals surface area contributed by atoms with Crippen molar-refractivity contribution < 1.29 is 4.74 Å². The number of aromatic nitrogens is 5. The number of rotatable bonds is 4. The Morgan fingerprint density at radius 3 is 3.00 bits per heavy atom. The van der Waals surface area contributed by atoms with Crippen LogP contribution in [0.5, 0.6) is 5.75 Å². The van der Waals surface area contributed by atoms with Crippen LogP contribution in [0, 0.1) is 0 Å². The zero-order valence-corrected chi connectivity index (χ0v) is 10.9. The molecule has 0 unspecified atom stereocenters. The van der Waals surface area contributed by atoms with Crippen molar-refractivity contribution in [3.05, 3.63) is 41.1 Å². The van der Waals surface area contributed by atoms with E-state index in [2.05, 4.69) is 20.1 Å². The summed E-state index contributed by atoms with van der Waals surface area (Å²) in [6.45, 7) is 2.63. The van der Waals surface area contributed by atoms with Gasteiger partial charge in [-0.05, 0) is 18.6 Å². The van der Waals surface area contributed by atoms with Gasteiger partial charge in [-0.15, -0.1) is 0 Å². The number of hydrogen-bond acceptors (Lipinski definition) is 5. The molecule has 3 aromatic rings. The fraction of sp³-hybridized carbons (Fsp3) is 0.231. The van der Waals surface area contributed by atoms with Crippen LogP contribution in [-0.2, 0) is 0 Å². The quantitative estimate of drug-likeness (QED) is 0.772.